The molecule has 2 aromatic carbocycles. The van der Waals surface area contributed by atoms with E-state index in [1.165, 1.54) is 18.5 Å². The summed E-state index contributed by atoms with van der Waals surface area (Å²) in [5, 5.41) is 8.66. The van der Waals surface area contributed by atoms with E-state index >= 15 is 0 Å². The number of aryl methyl sites for hydroxylation is 1. The first-order valence-electron chi connectivity index (χ1n) is 8.08. The summed E-state index contributed by atoms with van der Waals surface area (Å²) in [7, 11) is 0. The van der Waals surface area contributed by atoms with Gasteiger partial charge in [0.25, 0.3) is 0 Å². The highest BCUT2D eigenvalue weighted by molar-refractivity contribution is 5.70. The molecule has 0 unspecified atom stereocenters. The Morgan fingerprint density at radius 1 is 0.778 bits per heavy atom. The summed E-state index contributed by atoms with van der Waals surface area (Å²) in [6.45, 7) is 5.77. The topological polar surface area (TPSA) is 49.6 Å². The SMILES string of the molecule is CC.Cc1cnc(-c2cc(F)c(-c3cc(F)c(C#N)c(F)c3)c(F)c2)nc1. The number of aromatic nitrogens is 2. The number of hydrogen-bond donors (Lipinski definition) is 0. The van der Waals surface area contributed by atoms with Crippen molar-refractivity contribution in [3.63, 3.8) is 0 Å². The van der Waals surface area contributed by atoms with Gasteiger partial charge in [0.2, 0.25) is 0 Å². The molecule has 0 fully saturated rings. The summed E-state index contributed by atoms with van der Waals surface area (Å²) < 4.78 is 56.2. The first kappa shape index (κ1) is 20.0. The van der Waals surface area contributed by atoms with E-state index in [-0.39, 0.29) is 17.0 Å². The van der Waals surface area contributed by atoms with Gasteiger partial charge in [0, 0.05) is 18.0 Å². The van der Waals surface area contributed by atoms with Gasteiger partial charge >= 0.3 is 0 Å². The first-order chi connectivity index (χ1) is 12.9. The van der Waals surface area contributed by atoms with Gasteiger partial charge in [-0.3, -0.25) is 0 Å². The van der Waals surface area contributed by atoms with Crippen LogP contribution in [-0.4, -0.2) is 9.97 Å². The molecule has 0 aliphatic heterocycles. The molecule has 3 aromatic rings. The maximum Gasteiger partial charge on any atom is 0.159 e. The zero-order valence-corrected chi connectivity index (χ0v) is 14.8. The number of benzene rings is 2. The molecule has 0 atom stereocenters. The maximum atomic E-state index is 14.4. The van der Waals surface area contributed by atoms with Crippen LogP contribution >= 0.6 is 0 Å². The molecule has 3 rings (SSSR count). The molecule has 7 heteroatoms. The largest absolute Gasteiger partial charge is 0.236 e. The number of rotatable bonds is 2. The van der Waals surface area contributed by atoms with Crippen molar-refractivity contribution in [1.29, 1.82) is 5.26 Å². The Balaban J connectivity index is 0.00000126. The molecule has 0 saturated carbocycles. The van der Waals surface area contributed by atoms with Gasteiger partial charge in [-0.15, -0.1) is 0 Å². The van der Waals surface area contributed by atoms with Gasteiger partial charge in [-0.1, -0.05) is 13.8 Å². The average molecular weight is 373 g/mol. The van der Waals surface area contributed by atoms with Crippen molar-refractivity contribution < 1.29 is 17.6 Å². The molecule has 0 aliphatic carbocycles. The van der Waals surface area contributed by atoms with Crippen molar-refractivity contribution in [1.82, 2.24) is 9.97 Å². The van der Waals surface area contributed by atoms with Crippen molar-refractivity contribution in [2.24, 2.45) is 0 Å². The highest BCUT2D eigenvalue weighted by atomic mass is 19.1. The lowest BCUT2D eigenvalue weighted by Gasteiger charge is -2.09. The number of nitrogens with zero attached hydrogens (tertiary/aromatic N) is 3. The smallest absolute Gasteiger partial charge is 0.159 e. The summed E-state index contributed by atoms with van der Waals surface area (Å²) >= 11 is 0. The van der Waals surface area contributed by atoms with Crippen LogP contribution in [0.15, 0.2) is 36.7 Å². The first-order valence-corrected chi connectivity index (χ1v) is 8.08. The van der Waals surface area contributed by atoms with Gasteiger partial charge in [0.1, 0.15) is 34.9 Å². The lowest BCUT2D eigenvalue weighted by atomic mass is 10.00. The van der Waals surface area contributed by atoms with Gasteiger partial charge in [0.15, 0.2) is 5.82 Å². The number of halogens is 4. The molecular formula is C20H15F4N3. The lowest BCUT2D eigenvalue weighted by molar-refractivity contribution is 0.573. The van der Waals surface area contributed by atoms with Crippen molar-refractivity contribution in [3.05, 3.63) is 71.1 Å². The van der Waals surface area contributed by atoms with Crippen molar-refractivity contribution in [2.45, 2.75) is 20.8 Å². The minimum Gasteiger partial charge on any atom is -0.236 e. The molecular weight excluding hydrogens is 358 g/mol. The summed E-state index contributed by atoms with van der Waals surface area (Å²) in [5.74, 6) is -4.32. The number of nitriles is 1. The maximum absolute atomic E-state index is 14.4. The van der Waals surface area contributed by atoms with Crippen LogP contribution in [0.25, 0.3) is 22.5 Å². The Hall–Kier alpha value is -3.27. The Bertz CT molecular complexity index is 963. The van der Waals surface area contributed by atoms with Crippen LogP contribution in [0.2, 0.25) is 0 Å². The fourth-order valence-electron chi connectivity index (χ4n) is 2.34. The van der Waals surface area contributed by atoms with E-state index in [0.717, 1.165) is 17.7 Å². The van der Waals surface area contributed by atoms with Crippen molar-refractivity contribution in [2.75, 3.05) is 0 Å². The molecule has 0 aliphatic rings. The molecule has 0 amide bonds. The molecule has 27 heavy (non-hydrogen) atoms. The van der Waals surface area contributed by atoms with Crippen molar-refractivity contribution in [3.8, 4) is 28.6 Å². The lowest BCUT2D eigenvalue weighted by Crippen LogP contribution is -1.98. The Morgan fingerprint density at radius 3 is 1.67 bits per heavy atom. The van der Waals surface area contributed by atoms with E-state index in [1.807, 2.05) is 13.8 Å². The number of hydrogen-bond acceptors (Lipinski definition) is 3. The Morgan fingerprint density at radius 2 is 1.22 bits per heavy atom. The Kier molecular flexibility index (Phi) is 6.24. The normalized spacial score (nSPS) is 10.0. The molecule has 0 bridgehead atoms. The van der Waals surface area contributed by atoms with Gasteiger partial charge < -0.3 is 0 Å². The second-order valence-corrected chi connectivity index (χ2v) is 5.33. The molecule has 3 nitrogen and oxygen atoms in total. The quantitative estimate of drug-likeness (QED) is 0.552. The van der Waals surface area contributed by atoms with Gasteiger partial charge in [-0.05, 0) is 42.3 Å². The van der Waals surface area contributed by atoms with E-state index in [4.69, 9.17) is 5.26 Å². The van der Waals surface area contributed by atoms with Crippen LogP contribution in [0.4, 0.5) is 17.6 Å². The molecule has 1 aromatic heterocycles. The standard InChI is InChI=1S/C18H9F4N3.C2H6/c1-9-7-24-18(25-8-9)11-4-15(21)17(16(22)5-11)10-2-13(19)12(6-23)14(20)3-10;1-2/h2-5,7-8H,1H3;1-2H3. The summed E-state index contributed by atoms with van der Waals surface area (Å²) in [5.41, 5.74) is -0.883. The molecule has 0 radical (unpaired) electrons. The predicted molar refractivity (Wildman–Crippen MR) is 93.5 cm³/mol. The van der Waals surface area contributed by atoms with Gasteiger partial charge in [-0.2, -0.15) is 5.26 Å². The molecule has 138 valence electrons. The summed E-state index contributed by atoms with van der Waals surface area (Å²) in [6.07, 6.45) is 2.99. The van der Waals surface area contributed by atoms with E-state index in [0.29, 0.717) is 12.1 Å². The van der Waals surface area contributed by atoms with Crippen LogP contribution < -0.4 is 0 Å². The monoisotopic (exact) mass is 373 g/mol. The highest BCUT2D eigenvalue weighted by Crippen LogP contribution is 2.31. The van der Waals surface area contributed by atoms with Gasteiger partial charge in [0.05, 0.1) is 5.56 Å². The zero-order chi connectivity index (χ0) is 20.1. The third kappa shape index (κ3) is 4.11. The fourth-order valence-corrected chi connectivity index (χ4v) is 2.34. The second kappa shape index (κ2) is 8.41. The molecule has 1 heterocycles. The minimum atomic E-state index is -1.19. The van der Waals surface area contributed by atoms with E-state index < -0.39 is 34.4 Å². The average Bonchev–Trinajstić information content (AvgIpc) is 2.63. The highest BCUT2D eigenvalue weighted by Gasteiger charge is 2.19. The van der Waals surface area contributed by atoms with Crippen LogP contribution in [0, 0.1) is 41.5 Å². The van der Waals surface area contributed by atoms with Crippen LogP contribution in [0.5, 0.6) is 0 Å². The van der Waals surface area contributed by atoms with Crippen LogP contribution in [0.3, 0.4) is 0 Å². The second-order valence-electron chi connectivity index (χ2n) is 5.33. The zero-order valence-electron chi connectivity index (χ0n) is 14.8. The van der Waals surface area contributed by atoms with Gasteiger partial charge in [-0.25, -0.2) is 27.5 Å². The summed E-state index contributed by atoms with van der Waals surface area (Å²) in [4.78, 5) is 7.97. The third-order valence-electron chi connectivity index (χ3n) is 3.52. The minimum absolute atomic E-state index is 0.0911. The Labute approximate surface area is 154 Å². The van der Waals surface area contributed by atoms with E-state index in [9.17, 15) is 17.6 Å². The fraction of sp³-hybridized carbons (Fsp3) is 0.150. The molecule has 0 spiro atoms. The summed E-state index contributed by atoms with van der Waals surface area (Å²) in [6, 6.07) is 4.75. The van der Waals surface area contributed by atoms with Crippen molar-refractivity contribution >= 4 is 0 Å². The molecule has 0 N–H and O–H groups in total. The van der Waals surface area contributed by atoms with Crippen LogP contribution in [0.1, 0.15) is 25.0 Å². The predicted octanol–water partition coefficient (Wildman–Crippen LogP) is 5.57. The van der Waals surface area contributed by atoms with E-state index in [1.54, 1.807) is 6.92 Å². The molecule has 0 saturated heterocycles. The third-order valence-corrected chi connectivity index (χ3v) is 3.52. The van der Waals surface area contributed by atoms with E-state index in [2.05, 4.69) is 9.97 Å². The van der Waals surface area contributed by atoms with Crippen LogP contribution in [-0.2, 0) is 0 Å².